The highest BCUT2D eigenvalue weighted by Gasteiger charge is 2.29. The number of hydrogen-bond donors (Lipinski definition) is 1. The quantitative estimate of drug-likeness (QED) is 0.894. The van der Waals surface area contributed by atoms with Crippen LogP contribution in [0.5, 0.6) is 0 Å². The topological polar surface area (TPSA) is 59.0 Å². The Morgan fingerprint density at radius 2 is 2.26 bits per heavy atom. The van der Waals surface area contributed by atoms with Crippen LogP contribution in [-0.4, -0.2) is 54.5 Å². The third-order valence-electron chi connectivity index (χ3n) is 4.62. The van der Waals surface area contributed by atoms with Crippen LogP contribution in [0.15, 0.2) is 18.2 Å². The molecule has 5 nitrogen and oxygen atoms in total. The first kappa shape index (κ1) is 16.7. The molecule has 0 saturated carbocycles. The van der Waals surface area contributed by atoms with Gasteiger partial charge in [-0.1, -0.05) is 17.7 Å². The zero-order valence-electron chi connectivity index (χ0n) is 13.0. The normalized spacial score (nSPS) is 25.6. The molecule has 0 spiro atoms. The lowest BCUT2D eigenvalue weighted by molar-refractivity contribution is -0.0330. The Labute approximate surface area is 141 Å². The Balaban J connectivity index is 1.75. The van der Waals surface area contributed by atoms with Crippen LogP contribution in [0.2, 0.25) is 5.02 Å². The number of hydrogen-bond acceptors (Lipinski definition) is 4. The van der Waals surface area contributed by atoms with E-state index in [4.69, 9.17) is 21.1 Å². The highest BCUT2D eigenvalue weighted by molar-refractivity contribution is 6.31. The minimum absolute atomic E-state index is 0.241. The summed E-state index contributed by atoms with van der Waals surface area (Å²) in [4.78, 5) is 13.7. The van der Waals surface area contributed by atoms with E-state index in [2.05, 4.69) is 4.90 Å². The molecule has 2 atom stereocenters. The summed E-state index contributed by atoms with van der Waals surface area (Å²) < 4.78 is 11.4. The molecule has 0 aromatic heterocycles. The number of rotatable bonds is 5. The highest BCUT2D eigenvalue weighted by Crippen LogP contribution is 2.26. The number of carboxylic acids is 1. The number of benzene rings is 1. The minimum Gasteiger partial charge on any atom is -0.478 e. The van der Waals surface area contributed by atoms with E-state index in [1.165, 1.54) is 0 Å². The van der Waals surface area contributed by atoms with Gasteiger partial charge in [0.25, 0.3) is 0 Å². The molecule has 2 aliphatic rings. The third-order valence-corrected chi connectivity index (χ3v) is 4.97. The summed E-state index contributed by atoms with van der Waals surface area (Å²) in [7, 11) is 0. The maximum Gasteiger partial charge on any atom is 0.336 e. The molecule has 2 fully saturated rings. The Hall–Kier alpha value is -1.14. The van der Waals surface area contributed by atoms with Crippen LogP contribution in [0.1, 0.15) is 35.2 Å². The molecular weight excluding hydrogens is 318 g/mol. The second-order valence-corrected chi connectivity index (χ2v) is 6.55. The van der Waals surface area contributed by atoms with E-state index in [0.717, 1.165) is 32.4 Å². The van der Waals surface area contributed by atoms with Crippen molar-refractivity contribution in [2.75, 3.05) is 26.4 Å². The highest BCUT2D eigenvalue weighted by atomic mass is 35.5. The van der Waals surface area contributed by atoms with Crippen molar-refractivity contribution < 1.29 is 19.4 Å². The fourth-order valence-electron chi connectivity index (χ4n) is 3.37. The average Bonchev–Trinajstić information content (AvgIpc) is 3.04. The van der Waals surface area contributed by atoms with Crippen molar-refractivity contribution in [1.82, 2.24) is 4.90 Å². The van der Waals surface area contributed by atoms with Gasteiger partial charge in [-0.25, -0.2) is 4.79 Å². The average molecular weight is 340 g/mol. The summed E-state index contributed by atoms with van der Waals surface area (Å²) in [6.07, 6.45) is 3.42. The van der Waals surface area contributed by atoms with Crippen LogP contribution >= 0.6 is 11.6 Å². The first-order valence-electron chi connectivity index (χ1n) is 8.09. The van der Waals surface area contributed by atoms with Crippen molar-refractivity contribution in [2.45, 2.75) is 38.0 Å². The van der Waals surface area contributed by atoms with Gasteiger partial charge >= 0.3 is 5.97 Å². The van der Waals surface area contributed by atoms with Crippen LogP contribution < -0.4 is 0 Å². The van der Waals surface area contributed by atoms with Gasteiger partial charge in [0.15, 0.2) is 0 Å². The maximum absolute atomic E-state index is 11.5. The maximum atomic E-state index is 11.5. The number of carboxylic acid groups (broad SMARTS) is 1. The summed E-state index contributed by atoms with van der Waals surface area (Å²) in [5.74, 6) is -0.938. The molecule has 2 unspecified atom stereocenters. The fraction of sp³-hybridized carbons (Fsp3) is 0.588. The van der Waals surface area contributed by atoms with E-state index < -0.39 is 5.97 Å². The lowest BCUT2D eigenvalue weighted by Gasteiger charge is -2.37. The Morgan fingerprint density at radius 1 is 1.39 bits per heavy atom. The molecule has 1 aromatic rings. The molecule has 126 valence electrons. The number of nitrogens with zero attached hydrogens (tertiary/aromatic N) is 1. The van der Waals surface area contributed by atoms with Crippen molar-refractivity contribution in [3.63, 3.8) is 0 Å². The number of morpholine rings is 1. The van der Waals surface area contributed by atoms with Gasteiger partial charge < -0.3 is 14.6 Å². The standard InChI is InChI=1S/C17H22ClNO4/c18-16-5-1-4-14(17(20)21)15(16)10-19-6-8-22-11-12(19)9-13-3-2-7-23-13/h1,4-5,12-13H,2-3,6-11H2,(H,20,21). The predicted molar refractivity (Wildman–Crippen MR) is 87.0 cm³/mol. The monoisotopic (exact) mass is 339 g/mol. The summed E-state index contributed by atoms with van der Waals surface area (Å²) in [5, 5.41) is 9.90. The van der Waals surface area contributed by atoms with Gasteiger partial charge in [-0.2, -0.15) is 0 Å². The summed E-state index contributed by atoms with van der Waals surface area (Å²) in [6, 6.07) is 5.28. The van der Waals surface area contributed by atoms with Gasteiger partial charge in [-0.05, 0) is 37.0 Å². The lowest BCUT2D eigenvalue weighted by atomic mass is 10.0. The van der Waals surface area contributed by atoms with Crippen LogP contribution in [0.4, 0.5) is 0 Å². The van der Waals surface area contributed by atoms with Crippen LogP contribution in [-0.2, 0) is 16.0 Å². The molecular formula is C17H22ClNO4. The largest absolute Gasteiger partial charge is 0.478 e. The molecule has 0 aliphatic carbocycles. The molecule has 1 N–H and O–H groups in total. The molecule has 0 amide bonds. The van der Waals surface area contributed by atoms with E-state index in [1.54, 1.807) is 18.2 Å². The molecule has 2 saturated heterocycles. The lowest BCUT2D eigenvalue weighted by Crippen LogP contribution is -2.46. The zero-order chi connectivity index (χ0) is 16.2. The van der Waals surface area contributed by atoms with Gasteiger partial charge in [0.05, 0.1) is 24.9 Å². The number of carbonyl (C=O) groups is 1. The van der Waals surface area contributed by atoms with Crippen LogP contribution in [0.25, 0.3) is 0 Å². The van der Waals surface area contributed by atoms with Crippen molar-refractivity contribution >= 4 is 17.6 Å². The molecule has 2 aliphatic heterocycles. The Kier molecular flexibility index (Phi) is 5.54. The van der Waals surface area contributed by atoms with E-state index >= 15 is 0 Å². The van der Waals surface area contributed by atoms with E-state index in [0.29, 0.717) is 30.3 Å². The van der Waals surface area contributed by atoms with Gasteiger partial charge in [-0.3, -0.25) is 4.90 Å². The molecule has 0 radical (unpaired) electrons. The second-order valence-electron chi connectivity index (χ2n) is 6.14. The van der Waals surface area contributed by atoms with Gasteiger partial charge in [0.2, 0.25) is 0 Å². The summed E-state index contributed by atoms with van der Waals surface area (Å²) >= 11 is 6.26. The summed E-state index contributed by atoms with van der Waals surface area (Å²) in [5.41, 5.74) is 0.959. The van der Waals surface area contributed by atoms with Gasteiger partial charge in [0, 0.05) is 30.8 Å². The molecule has 1 aromatic carbocycles. The molecule has 6 heteroatoms. The summed E-state index contributed by atoms with van der Waals surface area (Å²) in [6.45, 7) is 3.47. The molecule has 0 bridgehead atoms. The van der Waals surface area contributed by atoms with Gasteiger partial charge in [0.1, 0.15) is 0 Å². The first-order valence-corrected chi connectivity index (χ1v) is 8.47. The van der Waals surface area contributed by atoms with Crippen molar-refractivity contribution in [3.8, 4) is 0 Å². The van der Waals surface area contributed by atoms with E-state index in [1.807, 2.05) is 0 Å². The second kappa shape index (κ2) is 7.62. The number of aromatic carboxylic acids is 1. The van der Waals surface area contributed by atoms with Crippen LogP contribution in [0, 0.1) is 0 Å². The van der Waals surface area contributed by atoms with Crippen molar-refractivity contribution in [2.24, 2.45) is 0 Å². The Morgan fingerprint density at radius 3 is 3.00 bits per heavy atom. The van der Waals surface area contributed by atoms with Crippen molar-refractivity contribution in [1.29, 1.82) is 0 Å². The number of ether oxygens (including phenoxy) is 2. The first-order chi connectivity index (χ1) is 11.1. The van der Waals surface area contributed by atoms with Crippen LogP contribution in [0.3, 0.4) is 0 Å². The van der Waals surface area contributed by atoms with Crippen molar-refractivity contribution in [3.05, 3.63) is 34.3 Å². The Bertz CT molecular complexity index is 560. The third kappa shape index (κ3) is 4.04. The number of halogens is 1. The van der Waals surface area contributed by atoms with E-state index in [9.17, 15) is 9.90 Å². The molecule has 3 rings (SSSR count). The smallest absolute Gasteiger partial charge is 0.336 e. The zero-order valence-corrected chi connectivity index (χ0v) is 13.8. The molecule has 23 heavy (non-hydrogen) atoms. The fourth-order valence-corrected chi connectivity index (χ4v) is 3.61. The minimum atomic E-state index is -0.938. The van der Waals surface area contributed by atoms with E-state index in [-0.39, 0.29) is 17.7 Å². The SMILES string of the molecule is O=C(O)c1cccc(Cl)c1CN1CCOCC1CC1CCCO1. The molecule has 2 heterocycles. The predicted octanol–water partition coefficient (Wildman–Crippen LogP) is 2.81. The van der Waals surface area contributed by atoms with Gasteiger partial charge in [-0.15, -0.1) is 0 Å².